The van der Waals surface area contributed by atoms with E-state index in [1.165, 1.54) is 22.6 Å². The molecule has 4 nitrogen and oxygen atoms in total. The lowest BCUT2D eigenvalue weighted by atomic mass is 9.99. The fourth-order valence-corrected chi connectivity index (χ4v) is 4.05. The molecule has 0 saturated carbocycles. The second-order valence-electron chi connectivity index (χ2n) is 9.09. The SMILES string of the molecule is Cc1ccc(C2=C(Nc3ccc(C(C)C)cc3)C(=O)N(CCc3ccc(F)cc3)C2=O)cc1C. The van der Waals surface area contributed by atoms with Gasteiger partial charge in [0.1, 0.15) is 11.5 Å². The number of carbonyl (C=O) groups excluding carboxylic acids is 2. The molecule has 5 heteroatoms. The topological polar surface area (TPSA) is 49.4 Å². The molecule has 0 bridgehead atoms. The molecule has 34 heavy (non-hydrogen) atoms. The maximum atomic E-state index is 13.5. The molecule has 3 aromatic rings. The second kappa shape index (κ2) is 9.64. The van der Waals surface area contributed by atoms with Crippen molar-refractivity contribution in [1.29, 1.82) is 0 Å². The first-order valence-corrected chi connectivity index (χ1v) is 11.5. The van der Waals surface area contributed by atoms with Gasteiger partial charge in [0.2, 0.25) is 0 Å². The van der Waals surface area contributed by atoms with Gasteiger partial charge >= 0.3 is 0 Å². The molecule has 0 atom stereocenters. The highest BCUT2D eigenvalue weighted by atomic mass is 19.1. The minimum Gasteiger partial charge on any atom is -0.350 e. The van der Waals surface area contributed by atoms with E-state index in [0.717, 1.165) is 22.4 Å². The molecule has 1 N–H and O–H groups in total. The van der Waals surface area contributed by atoms with Crippen LogP contribution in [0.15, 0.2) is 72.4 Å². The molecule has 174 valence electrons. The van der Waals surface area contributed by atoms with E-state index in [9.17, 15) is 14.0 Å². The summed E-state index contributed by atoms with van der Waals surface area (Å²) >= 11 is 0. The summed E-state index contributed by atoms with van der Waals surface area (Å²) in [5.74, 6) is -0.591. The summed E-state index contributed by atoms with van der Waals surface area (Å²) < 4.78 is 13.2. The van der Waals surface area contributed by atoms with Crippen LogP contribution >= 0.6 is 0 Å². The van der Waals surface area contributed by atoms with Crippen LogP contribution in [0.2, 0.25) is 0 Å². The Morgan fingerprint density at radius 3 is 2.15 bits per heavy atom. The van der Waals surface area contributed by atoms with Crippen molar-refractivity contribution in [2.24, 2.45) is 0 Å². The number of imide groups is 1. The number of hydrogen-bond acceptors (Lipinski definition) is 3. The molecule has 0 fully saturated rings. The fraction of sp³-hybridized carbons (Fsp3) is 0.241. The Balaban J connectivity index is 1.66. The van der Waals surface area contributed by atoms with Gasteiger partial charge in [0.05, 0.1) is 5.57 Å². The third kappa shape index (κ3) is 4.79. The van der Waals surface area contributed by atoms with Gasteiger partial charge in [0, 0.05) is 12.2 Å². The fourth-order valence-electron chi connectivity index (χ4n) is 4.05. The molecule has 0 radical (unpaired) electrons. The summed E-state index contributed by atoms with van der Waals surface area (Å²) in [5, 5.41) is 3.22. The minimum absolute atomic E-state index is 0.217. The monoisotopic (exact) mass is 456 g/mol. The van der Waals surface area contributed by atoms with Gasteiger partial charge in [-0.1, -0.05) is 56.3 Å². The predicted octanol–water partition coefficient (Wildman–Crippen LogP) is 6.00. The van der Waals surface area contributed by atoms with E-state index < -0.39 is 0 Å². The highest BCUT2D eigenvalue weighted by Crippen LogP contribution is 2.32. The minimum atomic E-state index is -0.353. The van der Waals surface area contributed by atoms with E-state index in [0.29, 0.717) is 23.5 Å². The molecule has 1 aliphatic rings. The van der Waals surface area contributed by atoms with Crippen LogP contribution in [0.25, 0.3) is 5.57 Å². The van der Waals surface area contributed by atoms with Gasteiger partial charge in [-0.2, -0.15) is 0 Å². The third-order valence-corrected chi connectivity index (χ3v) is 6.35. The lowest BCUT2D eigenvalue weighted by molar-refractivity contribution is -0.136. The Bertz CT molecular complexity index is 1260. The molecule has 0 spiro atoms. The van der Waals surface area contributed by atoms with Gasteiger partial charge in [-0.3, -0.25) is 14.5 Å². The first-order chi connectivity index (χ1) is 16.2. The normalized spacial score (nSPS) is 13.9. The average molecular weight is 457 g/mol. The van der Waals surface area contributed by atoms with Crippen LogP contribution < -0.4 is 5.32 Å². The summed E-state index contributed by atoms with van der Waals surface area (Å²) in [5.41, 5.74) is 6.35. The number of amides is 2. The van der Waals surface area contributed by atoms with Crippen LogP contribution in [0.4, 0.5) is 10.1 Å². The van der Waals surface area contributed by atoms with Crippen molar-refractivity contribution < 1.29 is 14.0 Å². The summed E-state index contributed by atoms with van der Waals surface area (Å²) in [6.45, 7) is 8.47. The van der Waals surface area contributed by atoms with Gasteiger partial charge in [-0.25, -0.2) is 4.39 Å². The van der Waals surface area contributed by atoms with E-state index >= 15 is 0 Å². The van der Waals surface area contributed by atoms with Crippen LogP contribution in [-0.2, 0) is 16.0 Å². The number of rotatable bonds is 7. The summed E-state index contributed by atoms with van der Waals surface area (Å²) in [4.78, 5) is 28.2. The number of halogens is 1. The molecule has 1 heterocycles. The number of carbonyl (C=O) groups is 2. The number of aryl methyl sites for hydroxylation is 2. The Kier molecular flexibility index (Phi) is 6.64. The molecule has 1 aliphatic heterocycles. The lowest BCUT2D eigenvalue weighted by Crippen LogP contribution is -2.34. The first kappa shape index (κ1) is 23.4. The van der Waals surface area contributed by atoms with Crippen molar-refractivity contribution in [3.05, 3.63) is 106 Å². The smallest absolute Gasteiger partial charge is 0.278 e. The number of hydrogen-bond donors (Lipinski definition) is 1. The number of anilines is 1. The molecule has 2 amide bonds. The maximum absolute atomic E-state index is 13.5. The third-order valence-electron chi connectivity index (χ3n) is 6.35. The quantitative estimate of drug-likeness (QED) is 0.444. The van der Waals surface area contributed by atoms with Crippen molar-refractivity contribution in [3.8, 4) is 0 Å². The van der Waals surface area contributed by atoms with Crippen LogP contribution in [0.3, 0.4) is 0 Å². The first-order valence-electron chi connectivity index (χ1n) is 11.5. The lowest BCUT2D eigenvalue weighted by Gasteiger charge is -2.15. The predicted molar refractivity (Wildman–Crippen MR) is 134 cm³/mol. The van der Waals surface area contributed by atoms with E-state index in [-0.39, 0.29) is 29.9 Å². The van der Waals surface area contributed by atoms with Crippen LogP contribution in [0.1, 0.15) is 47.6 Å². The average Bonchev–Trinajstić information content (AvgIpc) is 3.04. The Morgan fingerprint density at radius 1 is 0.853 bits per heavy atom. The molecular formula is C29H29FN2O2. The van der Waals surface area contributed by atoms with Crippen LogP contribution in [0.5, 0.6) is 0 Å². The van der Waals surface area contributed by atoms with Gasteiger partial charge in [0.25, 0.3) is 11.8 Å². The van der Waals surface area contributed by atoms with Crippen molar-refractivity contribution in [3.63, 3.8) is 0 Å². The number of nitrogens with one attached hydrogen (secondary N) is 1. The van der Waals surface area contributed by atoms with Gasteiger partial charge in [0.15, 0.2) is 0 Å². The summed E-state index contributed by atoms with van der Waals surface area (Å²) in [6, 6.07) is 19.8. The van der Waals surface area contributed by atoms with E-state index in [4.69, 9.17) is 0 Å². The van der Waals surface area contributed by atoms with Crippen LogP contribution in [0, 0.1) is 19.7 Å². The summed E-state index contributed by atoms with van der Waals surface area (Å²) in [7, 11) is 0. The Morgan fingerprint density at radius 2 is 1.53 bits per heavy atom. The maximum Gasteiger partial charge on any atom is 0.278 e. The number of benzene rings is 3. The Hall–Kier alpha value is -3.73. The molecule has 3 aromatic carbocycles. The van der Waals surface area contributed by atoms with Crippen molar-refractivity contribution in [2.75, 3.05) is 11.9 Å². The molecule has 0 aromatic heterocycles. The Labute approximate surface area is 200 Å². The zero-order valence-electron chi connectivity index (χ0n) is 20.0. The number of nitrogens with zero attached hydrogens (tertiary/aromatic N) is 1. The molecular weight excluding hydrogens is 427 g/mol. The largest absolute Gasteiger partial charge is 0.350 e. The van der Waals surface area contributed by atoms with Crippen molar-refractivity contribution >= 4 is 23.1 Å². The van der Waals surface area contributed by atoms with Gasteiger partial charge in [-0.05, 0) is 78.3 Å². The molecule has 0 aliphatic carbocycles. The molecule has 0 unspecified atom stereocenters. The standard InChI is InChI=1S/C29H29FN2O2/c1-18(2)22-9-13-25(14-10-22)31-27-26(23-8-5-19(3)20(4)17-23)28(33)32(29(27)34)16-15-21-6-11-24(30)12-7-21/h5-14,17-18,31H,15-16H2,1-4H3. The van der Waals surface area contributed by atoms with Crippen LogP contribution in [-0.4, -0.2) is 23.3 Å². The van der Waals surface area contributed by atoms with E-state index in [1.807, 2.05) is 56.3 Å². The summed E-state index contributed by atoms with van der Waals surface area (Å²) in [6.07, 6.45) is 0.453. The molecule has 4 rings (SSSR count). The second-order valence-corrected chi connectivity index (χ2v) is 9.09. The van der Waals surface area contributed by atoms with Gasteiger partial charge < -0.3 is 5.32 Å². The zero-order valence-corrected chi connectivity index (χ0v) is 20.0. The highest BCUT2D eigenvalue weighted by Gasteiger charge is 2.39. The van der Waals surface area contributed by atoms with E-state index in [2.05, 4.69) is 19.2 Å². The van der Waals surface area contributed by atoms with Crippen molar-refractivity contribution in [1.82, 2.24) is 4.90 Å². The zero-order chi connectivity index (χ0) is 24.4. The van der Waals surface area contributed by atoms with E-state index in [1.54, 1.807) is 12.1 Å². The van der Waals surface area contributed by atoms with Gasteiger partial charge in [-0.15, -0.1) is 0 Å². The van der Waals surface area contributed by atoms with Crippen molar-refractivity contribution in [2.45, 2.75) is 40.0 Å². The highest BCUT2D eigenvalue weighted by molar-refractivity contribution is 6.36. The molecule has 0 saturated heterocycles.